The molecule has 0 saturated heterocycles. The number of nitrogens with two attached hydrogens (primary N) is 1. The molecule has 0 unspecified atom stereocenters. The van der Waals surface area contributed by atoms with E-state index in [1.165, 1.54) is 0 Å². The Balaban J connectivity index is 2.11. The normalized spacial score (nSPS) is 11.7. The highest BCUT2D eigenvalue weighted by Crippen LogP contribution is 2.27. The number of rotatable bonds is 3. The van der Waals surface area contributed by atoms with Gasteiger partial charge in [-0.3, -0.25) is 0 Å². The molecule has 2 aromatic rings. The molecule has 0 spiro atoms. The molecule has 0 aliphatic rings. The first-order chi connectivity index (χ1) is 8.44. The molecular weight excluding hydrogens is 246 g/mol. The number of nitrogen functional groups attached to an aromatic ring is 1. The van der Waals surface area contributed by atoms with Gasteiger partial charge in [0.25, 0.3) is 5.89 Å². The van der Waals surface area contributed by atoms with Crippen LogP contribution in [0.1, 0.15) is 26.6 Å². The van der Waals surface area contributed by atoms with E-state index in [0.717, 1.165) is 11.3 Å². The minimum Gasteiger partial charge on any atom is -0.399 e. The molecular formula is C13H17N3OS. The van der Waals surface area contributed by atoms with Crippen LogP contribution in [0.5, 0.6) is 0 Å². The lowest BCUT2D eigenvalue weighted by Gasteiger charge is -2.15. The van der Waals surface area contributed by atoms with Crippen molar-refractivity contribution in [3.8, 4) is 11.5 Å². The van der Waals surface area contributed by atoms with E-state index in [2.05, 4.69) is 30.9 Å². The molecule has 0 amide bonds. The summed E-state index contributed by atoms with van der Waals surface area (Å²) in [5.74, 6) is 1.98. The third-order valence-corrected chi connectivity index (χ3v) is 3.50. The maximum Gasteiger partial charge on any atom is 0.258 e. The minimum atomic E-state index is 0.192. The second kappa shape index (κ2) is 5.02. The van der Waals surface area contributed by atoms with Crippen LogP contribution >= 0.6 is 11.8 Å². The van der Waals surface area contributed by atoms with Gasteiger partial charge in [-0.05, 0) is 18.2 Å². The second-order valence-electron chi connectivity index (χ2n) is 5.04. The van der Waals surface area contributed by atoms with Gasteiger partial charge in [0.05, 0.1) is 5.75 Å². The number of hydrogen-bond donors (Lipinski definition) is 1. The summed E-state index contributed by atoms with van der Waals surface area (Å²) in [6.07, 6.45) is 0. The smallest absolute Gasteiger partial charge is 0.258 e. The van der Waals surface area contributed by atoms with E-state index in [1.807, 2.05) is 24.3 Å². The van der Waals surface area contributed by atoms with Crippen molar-refractivity contribution in [2.24, 2.45) is 0 Å². The number of aromatic nitrogens is 2. The number of nitrogens with zero attached hydrogens (tertiary/aromatic N) is 2. The number of thioether (sulfide) groups is 1. The Morgan fingerprint density at radius 3 is 2.78 bits per heavy atom. The van der Waals surface area contributed by atoms with Crippen LogP contribution in [-0.4, -0.2) is 14.9 Å². The van der Waals surface area contributed by atoms with Gasteiger partial charge in [0.1, 0.15) is 0 Å². The number of hydrogen-bond acceptors (Lipinski definition) is 5. The van der Waals surface area contributed by atoms with Gasteiger partial charge in [0.15, 0.2) is 5.82 Å². The number of benzene rings is 1. The zero-order valence-electron chi connectivity index (χ0n) is 10.8. The Morgan fingerprint density at radius 2 is 2.11 bits per heavy atom. The topological polar surface area (TPSA) is 64.9 Å². The highest BCUT2D eigenvalue weighted by molar-refractivity contribution is 7.99. The van der Waals surface area contributed by atoms with Crippen LogP contribution in [0.3, 0.4) is 0 Å². The van der Waals surface area contributed by atoms with Crippen LogP contribution in [-0.2, 0) is 5.75 Å². The molecule has 5 heteroatoms. The van der Waals surface area contributed by atoms with Gasteiger partial charge in [-0.25, -0.2) is 0 Å². The minimum absolute atomic E-state index is 0.192. The molecule has 18 heavy (non-hydrogen) atoms. The predicted octanol–water partition coefficient (Wildman–Crippen LogP) is 3.35. The first-order valence-electron chi connectivity index (χ1n) is 5.76. The predicted molar refractivity (Wildman–Crippen MR) is 75.2 cm³/mol. The molecule has 2 rings (SSSR count). The summed E-state index contributed by atoms with van der Waals surface area (Å²) < 4.78 is 5.43. The second-order valence-corrected chi connectivity index (χ2v) is 6.84. The maximum absolute atomic E-state index is 5.72. The van der Waals surface area contributed by atoms with Crippen molar-refractivity contribution in [2.75, 3.05) is 5.73 Å². The molecule has 4 nitrogen and oxygen atoms in total. The first-order valence-corrected chi connectivity index (χ1v) is 6.75. The van der Waals surface area contributed by atoms with E-state index in [-0.39, 0.29) is 4.75 Å². The molecule has 96 valence electrons. The van der Waals surface area contributed by atoms with Crippen molar-refractivity contribution < 1.29 is 4.52 Å². The summed E-state index contributed by atoms with van der Waals surface area (Å²) in [6, 6.07) is 7.44. The average molecular weight is 263 g/mol. The third-order valence-electron chi connectivity index (χ3n) is 2.24. The van der Waals surface area contributed by atoms with E-state index in [9.17, 15) is 0 Å². The van der Waals surface area contributed by atoms with E-state index >= 15 is 0 Å². The molecule has 0 aliphatic carbocycles. The molecule has 0 radical (unpaired) electrons. The van der Waals surface area contributed by atoms with Crippen molar-refractivity contribution in [1.29, 1.82) is 0 Å². The van der Waals surface area contributed by atoms with Crippen molar-refractivity contribution in [1.82, 2.24) is 10.1 Å². The molecule has 0 fully saturated rings. The Kier molecular flexibility index (Phi) is 3.61. The standard InChI is InChI=1S/C13H17N3OS/c1-13(2,3)18-8-11-15-12(17-16-11)9-5-4-6-10(14)7-9/h4-7H,8,14H2,1-3H3. The van der Waals surface area contributed by atoms with E-state index in [1.54, 1.807) is 11.8 Å². The summed E-state index contributed by atoms with van der Waals surface area (Å²) >= 11 is 1.79. The van der Waals surface area contributed by atoms with Crippen LogP contribution in [0.25, 0.3) is 11.5 Å². The third kappa shape index (κ3) is 3.50. The lowest BCUT2D eigenvalue weighted by molar-refractivity contribution is 0.425. The fourth-order valence-corrected chi connectivity index (χ4v) is 2.06. The molecule has 1 heterocycles. The van der Waals surface area contributed by atoms with E-state index in [0.29, 0.717) is 17.4 Å². The monoisotopic (exact) mass is 263 g/mol. The fourth-order valence-electron chi connectivity index (χ4n) is 1.38. The average Bonchev–Trinajstić information content (AvgIpc) is 2.74. The lowest BCUT2D eigenvalue weighted by Crippen LogP contribution is -2.07. The van der Waals surface area contributed by atoms with E-state index < -0.39 is 0 Å². The summed E-state index contributed by atoms with van der Waals surface area (Å²) in [7, 11) is 0. The van der Waals surface area contributed by atoms with Gasteiger partial charge in [-0.15, -0.1) is 11.8 Å². The fraction of sp³-hybridized carbons (Fsp3) is 0.385. The molecule has 1 aromatic heterocycles. The summed E-state index contributed by atoms with van der Waals surface area (Å²) in [4.78, 5) is 4.37. The van der Waals surface area contributed by atoms with Gasteiger partial charge in [-0.2, -0.15) is 4.98 Å². The maximum atomic E-state index is 5.72. The summed E-state index contributed by atoms with van der Waals surface area (Å²) in [5.41, 5.74) is 7.27. The summed E-state index contributed by atoms with van der Waals surface area (Å²) in [5, 5.41) is 3.98. The van der Waals surface area contributed by atoms with Gasteiger partial charge in [0, 0.05) is 16.0 Å². The highest BCUT2D eigenvalue weighted by Gasteiger charge is 2.14. The van der Waals surface area contributed by atoms with Crippen molar-refractivity contribution in [2.45, 2.75) is 31.3 Å². The number of anilines is 1. The molecule has 1 aromatic carbocycles. The molecule has 0 saturated carbocycles. The zero-order chi connectivity index (χ0) is 13.2. The van der Waals surface area contributed by atoms with Gasteiger partial charge in [0.2, 0.25) is 0 Å². The van der Waals surface area contributed by atoms with Crippen LogP contribution in [0.4, 0.5) is 5.69 Å². The first kappa shape index (κ1) is 13.0. The highest BCUT2D eigenvalue weighted by atomic mass is 32.2. The Hall–Kier alpha value is -1.49. The zero-order valence-corrected chi connectivity index (χ0v) is 11.6. The van der Waals surface area contributed by atoms with Crippen molar-refractivity contribution in [3.63, 3.8) is 0 Å². The largest absolute Gasteiger partial charge is 0.399 e. The quantitative estimate of drug-likeness (QED) is 0.860. The molecule has 0 bridgehead atoms. The van der Waals surface area contributed by atoms with Crippen LogP contribution < -0.4 is 5.73 Å². The van der Waals surface area contributed by atoms with Crippen molar-refractivity contribution in [3.05, 3.63) is 30.1 Å². The Labute approximate surface area is 111 Å². The van der Waals surface area contributed by atoms with E-state index in [4.69, 9.17) is 10.3 Å². The molecule has 0 atom stereocenters. The van der Waals surface area contributed by atoms with Crippen molar-refractivity contribution >= 4 is 17.4 Å². The van der Waals surface area contributed by atoms with Gasteiger partial charge >= 0.3 is 0 Å². The Morgan fingerprint density at radius 1 is 1.33 bits per heavy atom. The van der Waals surface area contributed by atoms with Crippen LogP contribution in [0.15, 0.2) is 28.8 Å². The van der Waals surface area contributed by atoms with Gasteiger partial charge < -0.3 is 10.3 Å². The van der Waals surface area contributed by atoms with Crippen LogP contribution in [0, 0.1) is 0 Å². The molecule has 0 aliphatic heterocycles. The van der Waals surface area contributed by atoms with Crippen LogP contribution in [0.2, 0.25) is 0 Å². The SMILES string of the molecule is CC(C)(C)SCc1noc(-c2cccc(N)c2)n1. The van der Waals surface area contributed by atoms with Gasteiger partial charge in [-0.1, -0.05) is 32.0 Å². The molecule has 2 N–H and O–H groups in total. The Bertz CT molecular complexity index is 531. The lowest BCUT2D eigenvalue weighted by atomic mass is 10.2. The summed E-state index contributed by atoms with van der Waals surface area (Å²) in [6.45, 7) is 6.49.